The number of ketones is 1. The van der Waals surface area contributed by atoms with Gasteiger partial charge in [0.25, 0.3) is 0 Å². The summed E-state index contributed by atoms with van der Waals surface area (Å²) in [6.07, 6.45) is 5.94. The monoisotopic (exact) mass is 295 g/mol. The third kappa shape index (κ3) is 2.89. The van der Waals surface area contributed by atoms with E-state index in [9.17, 15) is 9.18 Å². The highest BCUT2D eigenvalue weighted by molar-refractivity contribution is 6.30. The van der Waals surface area contributed by atoms with Crippen LogP contribution in [0.3, 0.4) is 0 Å². The van der Waals surface area contributed by atoms with Gasteiger partial charge in [0.15, 0.2) is 5.78 Å². The van der Waals surface area contributed by atoms with Gasteiger partial charge in [-0.3, -0.25) is 4.79 Å². The molecule has 1 aromatic carbocycles. The Kier molecular flexibility index (Phi) is 4.08. The van der Waals surface area contributed by atoms with Gasteiger partial charge in [-0.1, -0.05) is 24.4 Å². The average molecular weight is 296 g/mol. The number of hydrogen-bond donors (Lipinski definition) is 1. The van der Waals surface area contributed by atoms with Crippen molar-refractivity contribution in [2.75, 3.05) is 0 Å². The molecule has 2 nitrogen and oxygen atoms in total. The molecule has 4 heteroatoms. The van der Waals surface area contributed by atoms with Crippen molar-refractivity contribution in [1.29, 1.82) is 0 Å². The second-order valence-electron chi connectivity index (χ2n) is 5.98. The van der Waals surface area contributed by atoms with Crippen LogP contribution >= 0.6 is 11.6 Å². The van der Waals surface area contributed by atoms with E-state index in [1.165, 1.54) is 37.8 Å². The lowest BCUT2D eigenvalue weighted by atomic mass is 9.84. The Bertz CT molecular complexity index is 505. The highest BCUT2D eigenvalue weighted by Gasteiger charge is 2.37. The SMILES string of the molecule is O=C(Cc1cc(Cl)ccc1F)C1CC2CCCCC2N1. The van der Waals surface area contributed by atoms with E-state index in [1.807, 2.05) is 0 Å². The summed E-state index contributed by atoms with van der Waals surface area (Å²) in [4.78, 5) is 12.3. The molecule has 3 unspecified atom stereocenters. The zero-order valence-corrected chi connectivity index (χ0v) is 12.1. The number of benzene rings is 1. The molecule has 1 aliphatic carbocycles. The van der Waals surface area contributed by atoms with Crippen LogP contribution in [0, 0.1) is 11.7 Å². The summed E-state index contributed by atoms with van der Waals surface area (Å²) in [6, 6.07) is 4.76. The summed E-state index contributed by atoms with van der Waals surface area (Å²) in [5.41, 5.74) is 0.402. The fourth-order valence-electron chi connectivity index (χ4n) is 3.55. The minimum atomic E-state index is -0.349. The highest BCUT2D eigenvalue weighted by Crippen LogP contribution is 2.33. The predicted molar refractivity (Wildman–Crippen MR) is 77.4 cm³/mol. The van der Waals surface area contributed by atoms with Gasteiger partial charge in [0, 0.05) is 17.5 Å². The van der Waals surface area contributed by atoms with E-state index in [2.05, 4.69) is 5.32 Å². The normalized spacial score (nSPS) is 29.2. The molecule has 1 heterocycles. The van der Waals surface area contributed by atoms with Crippen molar-refractivity contribution >= 4 is 17.4 Å². The van der Waals surface area contributed by atoms with Crippen molar-refractivity contribution in [3.05, 3.63) is 34.6 Å². The molecule has 0 aromatic heterocycles. The minimum Gasteiger partial charge on any atom is -0.304 e. The van der Waals surface area contributed by atoms with Crippen LogP contribution in [0.4, 0.5) is 4.39 Å². The summed E-state index contributed by atoms with van der Waals surface area (Å²) in [5.74, 6) is 0.362. The maximum Gasteiger partial charge on any atom is 0.154 e. The fraction of sp³-hybridized carbons (Fsp3) is 0.562. The first-order chi connectivity index (χ1) is 9.63. The number of fused-ring (bicyclic) bond motifs is 1. The molecule has 2 fully saturated rings. The molecule has 20 heavy (non-hydrogen) atoms. The summed E-state index contributed by atoms with van der Waals surface area (Å²) < 4.78 is 13.7. The predicted octanol–water partition coefficient (Wildman–Crippen LogP) is 3.51. The van der Waals surface area contributed by atoms with Crippen molar-refractivity contribution in [2.24, 2.45) is 5.92 Å². The van der Waals surface area contributed by atoms with Gasteiger partial charge >= 0.3 is 0 Å². The number of Topliss-reactive ketones (excluding diaryl/α,β-unsaturated/α-hetero) is 1. The smallest absolute Gasteiger partial charge is 0.154 e. The largest absolute Gasteiger partial charge is 0.304 e. The lowest BCUT2D eigenvalue weighted by molar-refractivity contribution is -0.120. The molecule has 0 amide bonds. The number of nitrogens with one attached hydrogen (secondary N) is 1. The van der Waals surface area contributed by atoms with Gasteiger partial charge in [-0.05, 0) is 48.9 Å². The second kappa shape index (κ2) is 5.82. The Morgan fingerprint density at radius 1 is 1.35 bits per heavy atom. The Morgan fingerprint density at radius 3 is 2.95 bits per heavy atom. The molecule has 1 aliphatic heterocycles. The molecule has 108 valence electrons. The number of carbonyl (C=O) groups excluding carboxylic acids is 1. The van der Waals surface area contributed by atoms with Crippen molar-refractivity contribution in [1.82, 2.24) is 5.32 Å². The molecule has 2 aliphatic rings. The van der Waals surface area contributed by atoms with Crippen molar-refractivity contribution < 1.29 is 9.18 Å². The number of hydrogen-bond acceptors (Lipinski definition) is 2. The maximum absolute atomic E-state index is 13.7. The molecule has 1 N–H and O–H groups in total. The topological polar surface area (TPSA) is 29.1 Å². The maximum atomic E-state index is 13.7. The van der Waals surface area contributed by atoms with Gasteiger partial charge in [-0.2, -0.15) is 0 Å². The van der Waals surface area contributed by atoms with E-state index in [-0.39, 0.29) is 24.1 Å². The lowest BCUT2D eigenvalue weighted by Gasteiger charge is -2.24. The summed E-state index contributed by atoms with van der Waals surface area (Å²) in [5, 5.41) is 3.92. The van der Waals surface area contributed by atoms with Crippen LogP contribution in [0.1, 0.15) is 37.7 Å². The van der Waals surface area contributed by atoms with E-state index in [0.29, 0.717) is 22.5 Å². The highest BCUT2D eigenvalue weighted by atomic mass is 35.5. The zero-order chi connectivity index (χ0) is 14.1. The first-order valence-electron chi connectivity index (χ1n) is 7.36. The average Bonchev–Trinajstić information content (AvgIpc) is 2.87. The number of halogens is 2. The quantitative estimate of drug-likeness (QED) is 0.924. The molecule has 1 saturated carbocycles. The molecule has 1 aromatic rings. The van der Waals surface area contributed by atoms with Gasteiger partial charge in [-0.15, -0.1) is 0 Å². The molecule has 0 bridgehead atoms. The Balaban J connectivity index is 1.66. The zero-order valence-electron chi connectivity index (χ0n) is 11.4. The lowest BCUT2D eigenvalue weighted by Crippen LogP contribution is -2.37. The molecule has 0 radical (unpaired) electrons. The first kappa shape index (κ1) is 14.0. The van der Waals surface area contributed by atoms with E-state index in [4.69, 9.17) is 11.6 Å². The van der Waals surface area contributed by atoms with Crippen LogP contribution in [-0.4, -0.2) is 17.9 Å². The molecular formula is C16H19ClFNO. The van der Waals surface area contributed by atoms with Crippen LogP contribution in [0.15, 0.2) is 18.2 Å². The summed E-state index contributed by atoms with van der Waals surface area (Å²) in [7, 11) is 0. The Hall–Kier alpha value is -0.930. The van der Waals surface area contributed by atoms with Crippen molar-refractivity contribution in [3.63, 3.8) is 0 Å². The Labute approximate surface area is 123 Å². The first-order valence-corrected chi connectivity index (χ1v) is 7.74. The Morgan fingerprint density at radius 2 is 2.15 bits per heavy atom. The van der Waals surface area contributed by atoms with Crippen molar-refractivity contribution in [2.45, 2.75) is 50.6 Å². The van der Waals surface area contributed by atoms with Crippen LogP contribution < -0.4 is 5.32 Å². The van der Waals surface area contributed by atoms with Crippen molar-refractivity contribution in [3.8, 4) is 0 Å². The summed E-state index contributed by atoms with van der Waals surface area (Å²) in [6.45, 7) is 0. The van der Waals surface area contributed by atoms with E-state index in [0.717, 1.165) is 6.42 Å². The summed E-state index contributed by atoms with van der Waals surface area (Å²) >= 11 is 5.87. The van der Waals surface area contributed by atoms with E-state index >= 15 is 0 Å². The van der Waals surface area contributed by atoms with Crippen LogP contribution in [-0.2, 0) is 11.2 Å². The molecule has 3 rings (SSSR count). The minimum absolute atomic E-state index is 0.0839. The fourth-order valence-corrected chi connectivity index (χ4v) is 3.75. The van der Waals surface area contributed by atoms with Gasteiger partial charge in [0.1, 0.15) is 5.82 Å². The molecule has 3 atom stereocenters. The van der Waals surface area contributed by atoms with E-state index < -0.39 is 0 Å². The third-order valence-electron chi connectivity index (χ3n) is 4.62. The van der Waals surface area contributed by atoms with Gasteiger partial charge < -0.3 is 5.32 Å². The number of rotatable bonds is 3. The van der Waals surface area contributed by atoms with Crippen LogP contribution in [0.2, 0.25) is 5.02 Å². The number of carbonyl (C=O) groups is 1. The van der Waals surface area contributed by atoms with E-state index in [1.54, 1.807) is 6.07 Å². The van der Waals surface area contributed by atoms with Crippen LogP contribution in [0.5, 0.6) is 0 Å². The van der Waals surface area contributed by atoms with Gasteiger partial charge in [0.2, 0.25) is 0 Å². The van der Waals surface area contributed by atoms with Gasteiger partial charge in [-0.25, -0.2) is 4.39 Å². The molecular weight excluding hydrogens is 277 g/mol. The standard InChI is InChI=1S/C16H19ClFNO/c17-12-5-6-13(18)11(7-12)9-16(20)15-8-10-3-1-2-4-14(10)19-15/h5-7,10,14-15,19H,1-4,8-9H2. The third-order valence-corrected chi connectivity index (χ3v) is 4.86. The molecule has 1 saturated heterocycles. The van der Waals surface area contributed by atoms with Crippen LogP contribution in [0.25, 0.3) is 0 Å². The second-order valence-corrected chi connectivity index (χ2v) is 6.42. The van der Waals surface area contributed by atoms with Gasteiger partial charge in [0.05, 0.1) is 6.04 Å². The molecule has 0 spiro atoms.